The van der Waals surface area contributed by atoms with E-state index in [1.807, 2.05) is 26.0 Å². The lowest BCUT2D eigenvalue weighted by Crippen LogP contribution is -2.46. The molecule has 0 bridgehead atoms. The lowest BCUT2D eigenvalue weighted by molar-refractivity contribution is -0.0627. The van der Waals surface area contributed by atoms with E-state index in [0.717, 1.165) is 30.8 Å². The van der Waals surface area contributed by atoms with E-state index in [-0.39, 0.29) is 11.6 Å². The lowest BCUT2D eigenvalue weighted by Gasteiger charge is -2.37. The first-order valence-corrected chi connectivity index (χ1v) is 7.58. The summed E-state index contributed by atoms with van der Waals surface area (Å²) in [6.45, 7) is 5.43. The molecule has 2 rings (SSSR count). The number of nitrogens with two attached hydrogens (primary N) is 1. The molecule has 0 aliphatic heterocycles. The summed E-state index contributed by atoms with van der Waals surface area (Å²) in [7, 11) is 0. The quantitative estimate of drug-likeness (QED) is 0.595. The minimum absolute atomic E-state index is 0.0284. The van der Waals surface area contributed by atoms with Crippen LogP contribution in [0.15, 0.2) is 24.3 Å². The van der Waals surface area contributed by atoms with Crippen molar-refractivity contribution in [3.05, 3.63) is 29.8 Å². The van der Waals surface area contributed by atoms with Gasteiger partial charge < -0.3 is 9.47 Å². The highest BCUT2D eigenvalue weighted by Crippen LogP contribution is 2.42. The molecule has 0 amide bonds. The fourth-order valence-electron chi connectivity index (χ4n) is 3.25. The fourth-order valence-corrected chi connectivity index (χ4v) is 3.25. The highest BCUT2D eigenvalue weighted by atomic mass is 16.5. The summed E-state index contributed by atoms with van der Waals surface area (Å²) in [4.78, 5) is 0. The first-order chi connectivity index (χ1) is 9.75. The number of ether oxygens (including phenoxy) is 2. The van der Waals surface area contributed by atoms with Crippen molar-refractivity contribution in [2.45, 2.75) is 51.2 Å². The average Bonchev–Trinajstić information content (AvgIpc) is 2.92. The minimum atomic E-state index is -0.170. The topological polar surface area (TPSA) is 56.5 Å². The Hall–Kier alpha value is -1.10. The Morgan fingerprint density at radius 3 is 2.30 bits per heavy atom. The van der Waals surface area contributed by atoms with Gasteiger partial charge in [-0.25, -0.2) is 0 Å². The van der Waals surface area contributed by atoms with Crippen molar-refractivity contribution in [1.29, 1.82) is 0 Å². The first kappa shape index (κ1) is 15.3. The second kappa shape index (κ2) is 7.07. The molecule has 1 aliphatic rings. The SMILES string of the molecule is CCOc1ccc(C(NN)C2(OCC)CCCC2)cc1. The Kier molecular flexibility index (Phi) is 5.40. The van der Waals surface area contributed by atoms with Crippen LogP contribution in [-0.2, 0) is 4.74 Å². The summed E-state index contributed by atoms with van der Waals surface area (Å²) in [6, 6.07) is 8.18. The molecular weight excluding hydrogens is 252 g/mol. The van der Waals surface area contributed by atoms with Gasteiger partial charge in [0.05, 0.1) is 18.2 Å². The number of hydrazine groups is 1. The van der Waals surface area contributed by atoms with Crippen molar-refractivity contribution >= 4 is 0 Å². The van der Waals surface area contributed by atoms with Gasteiger partial charge in [0.15, 0.2) is 0 Å². The highest BCUT2D eigenvalue weighted by Gasteiger charge is 2.42. The van der Waals surface area contributed by atoms with E-state index in [4.69, 9.17) is 15.3 Å². The molecule has 1 unspecified atom stereocenters. The minimum Gasteiger partial charge on any atom is -0.494 e. The Morgan fingerprint density at radius 1 is 1.15 bits per heavy atom. The monoisotopic (exact) mass is 278 g/mol. The standard InChI is InChI=1S/C16H26N2O2/c1-3-19-14-9-7-13(8-10-14)15(18-17)16(20-4-2)11-5-6-12-16/h7-10,15,18H,3-6,11-12,17H2,1-2H3. The van der Waals surface area contributed by atoms with Crippen LogP contribution < -0.4 is 16.0 Å². The van der Waals surface area contributed by atoms with Crippen LogP contribution in [0.2, 0.25) is 0 Å². The predicted octanol–water partition coefficient (Wildman–Crippen LogP) is 2.94. The second-order valence-electron chi connectivity index (χ2n) is 5.31. The van der Waals surface area contributed by atoms with Crippen LogP contribution in [-0.4, -0.2) is 18.8 Å². The van der Waals surface area contributed by atoms with Crippen LogP contribution >= 0.6 is 0 Å². The van der Waals surface area contributed by atoms with E-state index in [0.29, 0.717) is 6.61 Å². The predicted molar refractivity (Wildman–Crippen MR) is 80.5 cm³/mol. The molecule has 1 aromatic rings. The Bertz CT molecular complexity index is 399. The van der Waals surface area contributed by atoms with Crippen LogP contribution in [0.25, 0.3) is 0 Å². The van der Waals surface area contributed by atoms with Crippen LogP contribution in [0, 0.1) is 0 Å². The van der Waals surface area contributed by atoms with Gasteiger partial charge in [0, 0.05) is 6.61 Å². The van der Waals surface area contributed by atoms with E-state index >= 15 is 0 Å². The van der Waals surface area contributed by atoms with Gasteiger partial charge in [0.1, 0.15) is 5.75 Å². The molecule has 0 radical (unpaired) electrons. The molecular formula is C16H26N2O2. The van der Waals surface area contributed by atoms with Gasteiger partial charge >= 0.3 is 0 Å². The van der Waals surface area contributed by atoms with Crippen molar-refractivity contribution < 1.29 is 9.47 Å². The zero-order valence-corrected chi connectivity index (χ0v) is 12.5. The van der Waals surface area contributed by atoms with Crippen molar-refractivity contribution in [1.82, 2.24) is 5.43 Å². The molecule has 1 saturated carbocycles. The first-order valence-electron chi connectivity index (χ1n) is 7.58. The summed E-state index contributed by atoms with van der Waals surface area (Å²) in [6.07, 6.45) is 4.52. The Balaban J connectivity index is 2.21. The third-order valence-electron chi connectivity index (χ3n) is 4.10. The van der Waals surface area contributed by atoms with Crippen molar-refractivity contribution in [2.24, 2.45) is 5.84 Å². The summed E-state index contributed by atoms with van der Waals surface area (Å²) in [5, 5.41) is 0. The zero-order valence-electron chi connectivity index (χ0n) is 12.5. The summed E-state index contributed by atoms with van der Waals surface area (Å²) in [5.74, 6) is 6.73. The van der Waals surface area contributed by atoms with E-state index in [2.05, 4.69) is 17.6 Å². The number of benzene rings is 1. The third-order valence-corrected chi connectivity index (χ3v) is 4.10. The van der Waals surface area contributed by atoms with E-state index in [1.165, 1.54) is 12.8 Å². The van der Waals surface area contributed by atoms with Crippen LogP contribution in [0.3, 0.4) is 0 Å². The van der Waals surface area contributed by atoms with Gasteiger partial charge in [-0.2, -0.15) is 0 Å². The molecule has 1 aliphatic carbocycles. The van der Waals surface area contributed by atoms with E-state index in [9.17, 15) is 0 Å². The summed E-state index contributed by atoms with van der Waals surface area (Å²) >= 11 is 0. The average molecular weight is 278 g/mol. The van der Waals surface area contributed by atoms with Gasteiger partial charge in [-0.1, -0.05) is 25.0 Å². The maximum Gasteiger partial charge on any atom is 0.119 e. The second-order valence-corrected chi connectivity index (χ2v) is 5.31. The Labute approximate surface area is 121 Å². The van der Waals surface area contributed by atoms with Crippen LogP contribution in [0.5, 0.6) is 5.75 Å². The molecule has 20 heavy (non-hydrogen) atoms. The molecule has 4 heteroatoms. The maximum absolute atomic E-state index is 6.10. The molecule has 112 valence electrons. The smallest absolute Gasteiger partial charge is 0.119 e. The van der Waals surface area contributed by atoms with E-state index in [1.54, 1.807) is 0 Å². The van der Waals surface area contributed by atoms with Crippen molar-refractivity contribution in [3.63, 3.8) is 0 Å². The van der Waals surface area contributed by atoms with Gasteiger partial charge in [-0.15, -0.1) is 0 Å². The van der Waals surface area contributed by atoms with Gasteiger partial charge in [-0.3, -0.25) is 11.3 Å². The molecule has 1 aromatic carbocycles. The number of nitrogens with one attached hydrogen (secondary N) is 1. The van der Waals surface area contributed by atoms with E-state index < -0.39 is 0 Å². The maximum atomic E-state index is 6.10. The molecule has 1 atom stereocenters. The summed E-state index contributed by atoms with van der Waals surface area (Å²) in [5.41, 5.74) is 3.96. The molecule has 3 N–H and O–H groups in total. The third kappa shape index (κ3) is 3.14. The number of rotatable bonds is 7. The zero-order chi connectivity index (χ0) is 14.4. The summed E-state index contributed by atoms with van der Waals surface area (Å²) < 4.78 is 11.6. The number of hydrogen-bond donors (Lipinski definition) is 2. The van der Waals surface area contributed by atoms with Gasteiger partial charge in [-0.05, 0) is 44.4 Å². The van der Waals surface area contributed by atoms with Crippen LogP contribution in [0.4, 0.5) is 0 Å². The largest absolute Gasteiger partial charge is 0.494 e. The molecule has 0 heterocycles. The molecule has 1 fully saturated rings. The van der Waals surface area contributed by atoms with Crippen LogP contribution in [0.1, 0.15) is 51.1 Å². The molecule has 0 aromatic heterocycles. The number of hydrogen-bond acceptors (Lipinski definition) is 4. The lowest BCUT2D eigenvalue weighted by atomic mass is 9.87. The molecule has 4 nitrogen and oxygen atoms in total. The fraction of sp³-hybridized carbons (Fsp3) is 0.625. The van der Waals surface area contributed by atoms with Crippen molar-refractivity contribution in [3.8, 4) is 5.75 Å². The van der Waals surface area contributed by atoms with Crippen molar-refractivity contribution in [2.75, 3.05) is 13.2 Å². The molecule has 0 spiro atoms. The molecule has 0 saturated heterocycles. The highest BCUT2D eigenvalue weighted by molar-refractivity contribution is 5.31. The normalized spacial score (nSPS) is 18.9. The Morgan fingerprint density at radius 2 is 1.80 bits per heavy atom. The van der Waals surface area contributed by atoms with Gasteiger partial charge in [0.2, 0.25) is 0 Å². The van der Waals surface area contributed by atoms with Gasteiger partial charge in [0.25, 0.3) is 0 Å².